The van der Waals surface area contributed by atoms with E-state index in [1.54, 1.807) is 41.3 Å². The standard InChI is InChI=1S/C20H17FN4O2/c21-17-11-15(18-8-9-24-25(18)19-3-1-2-10-26-19)13-23-20(17)27-16-6-4-14(12-22)5-7-16/h4-9,11,13,19H,1-3,10H2. The van der Waals surface area contributed by atoms with Crippen LogP contribution in [0.5, 0.6) is 11.6 Å². The van der Waals surface area contributed by atoms with Crippen molar-refractivity contribution in [3.05, 3.63) is 60.2 Å². The van der Waals surface area contributed by atoms with Crippen molar-refractivity contribution in [1.82, 2.24) is 14.8 Å². The van der Waals surface area contributed by atoms with Gasteiger partial charge in [-0.15, -0.1) is 0 Å². The van der Waals surface area contributed by atoms with Crippen LogP contribution < -0.4 is 4.74 Å². The Hall–Kier alpha value is -3.24. The largest absolute Gasteiger partial charge is 0.436 e. The summed E-state index contributed by atoms with van der Waals surface area (Å²) < 4.78 is 27.6. The summed E-state index contributed by atoms with van der Waals surface area (Å²) in [6.07, 6.45) is 6.09. The van der Waals surface area contributed by atoms with E-state index in [-0.39, 0.29) is 12.1 Å². The molecule has 0 amide bonds. The average molecular weight is 364 g/mol. The van der Waals surface area contributed by atoms with E-state index in [0.29, 0.717) is 23.5 Å². The molecule has 1 aliphatic rings. The number of halogens is 1. The van der Waals surface area contributed by atoms with Gasteiger partial charge in [-0.3, -0.25) is 0 Å². The van der Waals surface area contributed by atoms with Crippen LogP contribution in [0.3, 0.4) is 0 Å². The highest BCUT2D eigenvalue weighted by Gasteiger charge is 2.20. The summed E-state index contributed by atoms with van der Waals surface area (Å²) in [5.74, 6) is -0.286. The lowest BCUT2D eigenvalue weighted by atomic mass is 10.1. The number of ether oxygens (including phenoxy) is 2. The van der Waals surface area contributed by atoms with Crippen molar-refractivity contribution in [2.24, 2.45) is 0 Å². The molecule has 1 unspecified atom stereocenters. The van der Waals surface area contributed by atoms with Crippen molar-refractivity contribution in [2.75, 3.05) is 6.61 Å². The van der Waals surface area contributed by atoms with Crippen molar-refractivity contribution in [3.63, 3.8) is 0 Å². The van der Waals surface area contributed by atoms with Crippen molar-refractivity contribution in [1.29, 1.82) is 5.26 Å². The second kappa shape index (κ2) is 7.56. The van der Waals surface area contributed by atoms with E-state index < -0.39 is 5.82 Å². The Bertz CT molecular complexity index is 972. The van der Waals surface area contributed by atoms with Gasteiger partial charge in [-0.1, -0.05) is 0 Å². The van der Waals surface area contributed by atoms with Crippen LogP contribution >= 0.6 is 0 Å². The molecule has 3 heterocycles. The molecule has 0 spiro atoms. The number of nitrogens with zero attached hydrogens (tertiary/aromatic N) is 4. The predicted molar refractivity (Wildman–Crippen MR) is 95.5 cm³/mol. The molecular weight excluding hydrogens is 347 g/mol. The van der Waals surface area contributed by atoms with Gasteiger partial charge in [0, 0.05) is 24.6 Å². The fourth-order valence-electron chi connectivity index (χ4n) is 3.04. The number of rotatable bonds is 4. The van der Waals surface area contributed by atoms with Gasteiger partial charge >= 0.3 is 0 Å². The van der Waals surface area contributed by atoms with Crippen LogP contribution in [0.15, 0.2) is 48.8 Å². The molecule has 0 radical (unpaired) electrons. The van der Waals surface area contributed by atoms with Crippen LogP contribution in [0.2, 0.25) is 0 Å². The van der Waals surface area contributed by atoms with E-state index in [2.05, 4.69) is 10.1 Å². The normalized spacial score (nSPS) is 16.7. The summed E-state index contributed by atoms with van der Waals surface area (Å²) >= 11 is 0. The van der Waals surface area contributed by atoms with Gasteiger partial charge in [-0.2, -0.15) is 10.4 Å². The summed E-state index contributed by atoms with van der Waals surface area (Å²) in [6, 6.07) is 11.6. The highest BCUT2D eigenvalue weighted by Crippen LogP contribution is 2.30. The van der Waals surface area contributed by atoms with E-state index in [0.717, 1.165) is 25.0 Å². The third-order valence-corrected chi connectivity index (χ3v) is 4.40. The molecule has 3 aromatic rings. The molecule has 0 bridgehead atoms. The van der Waals surface area contributed by atoms with E-state index in [1.807, 2.05) is 12.1 Å². The van der Waals surface area contributed by atoms with Gasteiger partial charge in [0.25, 0.3) is 5.88 Å². The molecular formula is C20H17FN4O2. The molecule has 1 aromatic carbocycles. The van der Waals surface area contributed by atoms with E-state index in [9.17, 15) is 4.39 Å². The average Bonchev–Trinajstić information content (AvgIpc) is 3.21. The minimum absolute atomic E-state index is 0.122. The molecule has 27 heavy (non-hydrogen) atoms. The Kier molecular flexibility index (Phi) is 4.81. The van der Waals surface area contributed by atoms with Gasteiger partial charge in [-0.05, 0) is 55.7 Å². The first-order valence-electron chi connectivity index (χ1n) is 8.73. The van der Waals surface area contributed by atoms with Crippen molar-refractivity contribution in [3.8, 4) is 29.0 Å². The molecule has 0 aliphatic carbocycles. The fourth-order valence-corrected chi connectivity index (χ4v) is 3.04. The Morgan fingerprint density at radius 1 is 1.22 bits per heavy atom. The first-order valence-corrected chi connectivity index (χ1v) is 8.73. The van der Waals surface area contributed by atoms with Crippen molar-refractivity contribution >= 4 is 0 Å². The molecule has 4 rings (SSSR count). The number of hydrogen-bond donors (Lipinski definition) is 0. The third-order valence-electron chi connectivity index (χ3n) is 4.40. The van der Waals surface area contributed by atoms with Crippen LogP contribution in [0.4, 0.5) is 4.39 Å². The van der Waals surface area contributed by atoms with E-state index in [4.69, 9.17) is 14.7 Å². The van der Waals surface area contributed by atoms with Gasteiger partial charge in [0.1, 0.15) is 5.75 Å². The maximum atomic E-state index is 14.5. The van der Waals surface area contributed by atoms with Crippen LogP contribution in [0.25, 0.3) is 11.3 Å². The van der Waals surface area contributed by atoms with Crippen LogP contribution in [0.1, 0.15) is 31.1 Å². The second-order valence-electron chi connectivity index (χ2n) is 6.23. The Morgan fingerprint density at radius 3 is 2.78 bits per heavy atom. The SMILES string of the molecule is N#Cc1ccc(Oc2ncc(-c3ccnn3C3CCCCO3)cc2F)cc1. The van der Waals surface area contributed by atoms with Gasteiger partial charge in [0.15, 0.2) is 12.0 Å². The molecule has 1 fully saturated rings. The smallest absolute Gasteiger partial charge is 0.255 e. The maximum absolute atomic E-state index is 14.5. The molecule has 0 N–H and O–H groups in total. The number of nitriles is 1. The van der Waals surface area contributed by atoms with Crippen molar-refractivity contribution in [2.45, 2.75) is 25.5 Å². The predicted octanol–water partition coefficient (Wildman–Crippen LogP) is 4.45. The molecule has 1 saturated heterocycles. The van der Waals surface area contributed by atoms with Gasteiger partial charge in [-0.25, -0.2) is 14.1 Å². The number of benzene rings is 1. The summed E-state index contributed by atoms with van der Waals surface area (Å²) in [7, 11) is 0. The topological polar surface area (TPSA) is 73.0 Å². The minimum Gasteiger partial charge on any atom is -0.436 e. The molecule has 1 atom stereocenters. The molecule has 136 valence electrons. The third kappa shape index (κ3) is 3.66. The lowest BCUT2D eigenvalue weighted by molar-refractivity contribution is -0.0383. The zero-order valence-electron chi connectivity index (χ0n) is 14.5. The van der Waals surface area contributed by atoms with Gasteiger partial charge in [0.05, 0.1) is 17.3 Å². The first-order chi connectivity index (χ1) is 13.2. The summed E-state index contributed by atoms with van der Waals surface area (Å²) in [4.78, 5) is 4.11. The number of aromatic nitrogens is 3. The Balaban J connectivity index is 1.57. The summed E-state index contributed by atoms with van der Waals surface area (Å²) in [5.41, 5.74) is 1.86. The lowest BCUT2D eigenvalue weighted by Crippen LogP contribution is -2.19. The molecule has 1 aliphatic heterocycles. The number of pyridine rings is 1. The second-order valence-corrected chi connectivity index (χ2v) is 6.23. The van der Waals surface area contributed by atoms with Gasteiger partial charge in [0.2, 0.25) is 0 Å². The van der Waals surface area contributed by atoms with E-state index in [1.165, 1.54) is 6.07 Å². The molecule has 2 aromatic heterocycles. The molecule has 0 saturated carbocycles. The quantitative estimate of drug-likeness (QED) is 0.684. The molecule has 6 nitrogen and oxygen atoms in total. The van der Waals surface area contributed by atoms with Crippen LogP contribution in [-0.4, -0.2) is 21.4 Å². The maximum Gasteiger partial charge on any atom is 0.255 e. The first kappa shape index (κ1) is 17.2. The summed E-state index contributed by atoms with van der Waals surface area (Å²) in [5, 5.41) is 13.2. The minimum atomic E-state index is -0.575. The monoisotopic (exact) mass is 364 g/mol. The lowest BCUT2D eigenvalue weighted by Gasteiger charge is -2.24. The van der Waals surface area contributed by atoms with Crippen LogP contribution in [0, 0.1) is 17.1 Å². The highest BCUT2D eigenvalue weighted by molar-refractivity contribution is 5.59. The zero-order valence-corrected chi connectivity index (χ0v) is 14.5. The van der Waals surface area contributed by atoms with Crippen molar-refractivity contribution < 1.29 is 13.9 Å². The highest BCUT2D eigenvalue weighted by atomic mass is 19.1. The van der Waals surface area contributed by atoms with Crippen LogP contribution in [-0.2, 0) is 4.74 Å². The summed E-state index contributed by atoms with van der Waals surface area (Å²) in [6.45, 7) is 0.702. The fraction of sp³-hybridized carbons (Fsp3) is 0.250. The number of hydrogen-bond acceptors (Lipinski definition) is 5. The Labute approximate surface area is 155 Å². The van der Waals surface area contributed by atoms with Gasteiger partial charge < -0.3 is 9.47 Å². The zero-order chi connectivity index (χ0) is 18.6. The Morgan fingerprint density at radius 2 is 2.07 bits per heavy atom. The van der Waals surface area contributed by atoms with E-state index >= 15 is 0 Å². The molecule has 7 heteroatoms.